The second kappa shape index (κ2) is 12.4. The van der Waals surface area contributed by atoms with Crippen LogP contribution in [0.5, 0.6) is 5.75 Å². The molecule has 0 saturated heterocycles. The standard InChI is InChI=1S/C36H32N4O4S/c1-5-43-27-17-15-26(16-18-27)33-32(35(42)44-6-2)22(3)38-36-40(33)34(41)31(45-36)19-29-23(4)39(30-10-8-7-9-28(29)30)21-25-13-11-24(20-37)12-14-25/h7-19,33H,5-6,21H2,1-4H3/b31-19-/t33-/m1/s1. The van der Waals surface area contributed by atoms with Gasteiger partial charge >= 0.3 is 5.97 Å². The summed E-state index contributed by atoms with van der Waals surface area (Å²) in [6.45, 7) is 8.88. The Morgan fingerprint density at radius 2 is 1.76 bits per heavy atom. The van der Waals surface area contributed by atoms with E-state index in [0.717, 1.165) is 33.3 Å². The van der Waals surface area contributed by atoms with Crippen molar-refractivity contribution >= 4 is 34.3 Å². The topological polar surface area (TPSA) is 98.6 Å². The fourth-order valence-corrected chi connectivity index (χ4v) is 6.89. The van der Waals surface area contributed by atoms with Crippen molar-refractivity contribution in [1.29, 1.82) is 5.26 Å². The maximum Gasteiger partial charge on any atom is 0.338 e. The van der Waals surface area contributed by atoms with Crippen molar-refractivity contribution in [1.82, 2.24) is 9.13 Å². The van der Waals surface area contributed by atoms with Gasteiger partial charge in [0.1, 0.15) is 5.75 Å². The van der Waals surface area contributed by atoms with E-state index in [-0.39, 0.29) is 12.2 Å². The first kappa shape index (κ1) is 29.9. The summed E-state index contributed by atoms with van der Waals surface area (Å²) in [5.41, 5.74) is 6.10. The van der Waals surface area contributed by atoms with Gasteiger partial charge < -0.3 is 14.0 Å². The molecular formula is C36H32N4O4S. The zero-order valence-corrected chi connectivity index (χ0v) is 26.4. The van der Waals surface area contributed by atoms with Gasteiger partial charge in [-0.25, -0.2) is 9.79 Å². The lowest BCUT2D eigenvalue weighted by molar-refractivity contribution is -0.139. The second-order valence-corrected chi connectivity index (χ2v) is 11.7. The molecule has 3 heterocycles. The minimum Gasteiger partial charge on any atom is -0.494 e. The molecule has 8 nitrogen and oxygen atoms in total. The van der Waals surface area contributed by atoms with E-state index in [2.05, 4.69) is 29.7 Å². The Labute approximate surface area is 264 Å². The van der Waals surface area contributed by atoms with Crippen molar-refractivity contribution < 1.29 is 14.3 Å². The summed E-state index contributed by atoms with van der Waals surface area (Å²) in [4.78, 5) is 32.8. The minimum atomic E-state index is -0.697. The van der Waals surface area contributed by atoms with Gasteiger partial charge in [-0.1, -0.05) is 53.8 Å². The number of benzene rings is 3. The molecule has 0 spiro atoms. The van der Waals surface area contributed by atoms with Crippen LogP contribution >= 0.6 is 11.3 Å². The molecule has 1 atom stereocenters. The summed E-state index contributed by atoms with van der Waals surface area (Å²) < 4.78 is 15.4. The quantitative estimate of drug-likeness (QED) is 0.218. The monoisotopic (exact) mass is 616 g/mol. The first-order valence-corrected chi connectivity index (χ1v) is 15.7. The van der Waals surface area contributed by atoms with E-state index in [1.54, 1.807) is 18.4 Å². The molecule has 45 heavy (non-hydrogen) atoms. The number of esters is 1. The summed E-state index contributed by atoms with van der Waals surface area (Å²) in [7, 11) is 0. The molecule has 0 amide bonds. The minimum absolute atomic E-state index is 0.210. The molecule has 0 fully saturated rings. The van der Waals surface area contributed by atoms with Crippen molar-refractivity contribution in [3.63, 3.8) is 0 Å². The molecule has 5 aromatic rings. The third-order valence-electron chi connectivity index (χ3n) is 8.00. The first-order valence-electron chi connectivity index (χ1n) is 14.8. The lowest BCUT2D eigenvalue weighted by Crippen LogP contribution is -2.39. The molecule has 0 radical (unpaired) electrons. The van der Waals surface area contributed by atoms with E-state index in [1.165, 1.54) is 11.3 Å². The number of para-hydroxylation sites is 1. The molecule has 0 unspecified atom stereocenters. The molecule has 0 aliphatic carbocycles. The van der Waals surface area contributed by atoms with Crippen LogP contribution in [0.25, 0.3) is 17.0 Å². The largest absolute Gasteiger partial charge is 0.494 e. The summed E-state index contributed by atoms with van der Waals surface area (Å²) in [6.07, 6.45) is 1.94. The predicted molar refractivity (Wildman–Crippen MR) is 175 cm³/mol. The number of nitrogens with zero attached hydrogens (tertiary/aromatic N) is 4. The smallest absolute Gasteiger partial charge is 0.338 e. The Bertz CT molecular complexity index is 2180. The Morgan fingerprint density at radius 3 is 2.44 bits per heavy atom. The summed E-state index contributed by atoms with van der Waals surface area (Å²) >= 11 is 1.31. The van der Waals surface area contributed by atoms with E-state index >= 15 is 0 Å². The molecule has 3 aromatic carbocycles. The van der Waals surface area contributed by atoms with E-state index in [0.29, 0.717) is 45.1 Å². The lowest BCUT2D eigenvalue weighted by atomic mass is 9.96. The number of allylic oxidation sites excluding steroid dienone is 1. The highest BCUT2D eigenvalue weighted by atomic mass is 32.1. The van der Waals surface area contributed by atoms with Crippen molar-refractivity contribution in [2.24, 2.45) is 4.99 Å². The van der Waals surface area contributed by atoms with Gasteiger partial charge in [-0.15, -0.1) is 0 Å². The molecule has 1 aliphatic rings. The molecule has 1 aliphatic heterocycles. The number of thiazole rings is 1. The lowest BCUT2D eigenvalue weighted by Gasteiger charge is -2.24. The van der Waals surface area contributed by atoms with Gasteiger partial charge in [0.05, 0.1) is 46.7 Å². The summed E-state index contributed by atoms with van der Waals surface area (Å²) in [6, 6.07) is 24.6. The third kappa shape index (κ3) is 5.49. The molecule has 0 N–H and O–H groups in total. The number of aromatic nitrogens is 2. The average molecular weight is 617 g/mol. The number of fused-ring (bicyclic) bond motifs is 2. The Kier molecular flexibility index (Phi) is 8.24. The maximum absolute atomic E-state index is 14.3. The molecule has 0 bridgehead atoms. The molecule has 9 heteroatoms. The highest BCUT2D eigenvalue weighted by Crippen LogP contribution is 2.32. The van der Waals surface area contributed by atoms with Crippen molar-refractivity contribution in [2.75, 3.05) is 13.2 Å². The van der Waals surface area contributed by atoms with Gasteiger partial charge in [-0.05, 0) is 75.2 Å². The molecule has 2 aromatic heterocycles. The number of carbonyl (C=O) groups is 1. The molecule has 6 rings (SSSR count). The number of ether oxygens (including phenoxy) is 2. The van der Waals surface area contributed by atoms with E-state index in [4.69, 9.17) is 14.5 Å². The van der Waals surface area contributed by atoms with Crippen LogP contribution < -0.4 is 19.6 Å². The van der Waals surface area contributed by atoms with Gasteiger partial charge in [0.25, 0.3) is 5.56 Å². The first-order chi connectivity index (χ1) is 21.8. The van der Waals surface area contributed by atoms with Crippen molar-refractivity contribution in [2.45, 2.75) is 40.3 Å². The Balaban J connectivity index is 1.51. The molecule has 0 saturated carbocycles. The number of rotatable bonds is 8. The number of hydrogen-bond acceptors (Lipinski definition) is 7. The fourth-order valence-electron chi connectivity index (χ4n) is 5.86. The van der Waals surface area contributed by atoms with Gasteiger partial charge in [-0.2, -0.15) is 5.26 Å². The predicted octanol–water partition coefficient (Wildman–Crippen LogP) is 5.38. The summed E-state index contributed by atoms with van der Waals surface area (Å²) in [5.74, 6) is 0.216. The highest BCUT2D eigenvalue weighted by Gasteiger charge is 2.33. The van der Waals surface area contributed by atoms with Crippen molar-refractivity contribution in [3.05, 3.63) is 132 Å². The van der Waals surface area contributed by atoms with Crippen LogP contribution in [0.2, 0.25) is 0 Å². The Hall–Kier alpha value is -5.20. The maximum atomic E-state index is 14.3. The highest BCUT2D eigenvalue weighted by molar-refractivity contribution is 7.07. The van der Waals surface area contributed by atoms with Crippen LogP contribution in [-0.2, 0) is 16.1 Å². The van der Waals surface area contributed by atoms with Crippen LogP contribution in [0.15, 0.2) is 93.9 Å². The normalized spacial score (nSPS) is 14.6. The van der Waals surface area contributed by atoms with Gasteiger partial charge in [-0.3, -0.25) is 9.36 Å². The van der Waals surface area contributed by atoms with E-state index in [1.807, 2.05) is 73.7 Å². The fraction of sp³-hybridized carbons (Fsp3) is 0.222. The Morgan fingerprint density at radius 1 is 1.02 bits per heavy atom. The average Bonchev–Trinajstić information content (AvgIpc) is 3.49. The summed E-state index contributed by atoms with van der Waals surface area (Å²) in [5, 5.41) is 10.2. The number of carbonyl (C=O) groups excluding carboxylic acids is 1. The van der Waals surface area contributed by atoms with Gasteiger partial charge in [0, 0.05) is 28.7 Å². The van der Waals surface area contributed by atoms with Crippen LogP contribution in [0, 0.1) is 18.3 Å². The zero-order chi connectivity index (χ0) is 31.7. The van der Waals surface area contributed by atoms with Crippen LogP contribution in [-0.4, -0.2) is 28.3 Å². The second-order valence-electron chi connectivity index (χ2n) is 10.7. The molecular weight excluding hydrogens is 584 g/mol. The number of nitriles is 1. The van der Waals surface area contributed by atoms with E-state index in [9.17, 15) is 14.9 Å². The SMILES string of the molecule is CCOC(=O)C1=C(C)N=c2s/c(=C\c3c(C)n(Cc4ccc(C#N)cc4)c4ccccc34)c(=O)n2[C@@H]1c1ccc(OCC)cc1. The van der Waals surface area contributed by atoms with Crippen LogP contribution in [0.3, 0.4) is 0 Å². The zero-order valence-electron chi connectivity index (χ0n) is 25.5. The van der Waals surface area contributed by atoms with Crippen molar-refractivity contribution in [3.8, 4) is 11.8 Å². The molecule has 226 valence electrons. The third-order valence-corrected chi connectivity index (χ3v) is 8.99. The van der Waals surface area contributed by atoms with E-state index < -0.39 is 12.0 Å². The number of hydrogen-bond donors (Lipinski definition) is 0. The van der Waals surface area contributed by atoms with Crippen LogP contribution in [0.1, 0.15) is 54.8 Å². The van der Waals surface area contributed by atoms with Gasteiger partial charge in [0.15, 0.2) is 4.80 Å². The van der Waals surface area contributed by atoms with Crippen LogP contribution in [0.4, 0.5) is 0 Å². The van der Waals surface area contributed by atoms with Gasteiger partial charge in [0.2, 0.25) is 0 Å².